The summed E-state index contributed by atoms with van der Waals surface area (Å²) < 4.78 is 10.3. The largest absolute Gasteiger partial charge is 0.461 e. The van der Waals surface area contributed by atoms with Crippen LogP contribution in [0.1, 0.15) is 25.2 Å². The Hall–Kier alpha value is -1.62. The van der Waals surface area contributed by atoms with Crippen LogP contribution in [0.25, 0.3) is 11.6 Å². The van der Waals surface area contributed by atoms with Gasteiger partial charge in [0.25, 0.3) is 0 Å². The van der Waals surface area contributed by atoms with E-state index in [1.807, 2.05) is 6.92 Å². The smallest absolute Gasteiger partial charge is 0.238 e. The Bertz CT molecular complexity index is 404. The SMILES string of the molecule is CCC(CN)c1nc(-c2ccco2)no1. The lowest BCUT2D eigenvalue weighted by Crippen LogP contribution is -2.11. The summed E-state index contributed by atoms with van der Waals surface area (Å²) >= 11 is 0. The van der Waals surface area contributed by atoms with Crippen molar-refractivity contribution in [2.75, 3.05) is 6.54 Å². The lowest BCUT2D eigenvalue weighted by atomic mass is 10.1. The van der Waals surface area contributed by atoms with Gasteiger partial charge in [-0.05, 0) is 18.6 Å². The molecule has 0 saturated heterocycles. The Morgan fingerprint density at radius 1 is 1.53 bits per heavy atom. The van der Waals surface area contributed by atoms with Crippen molar-refractivity contribution >= 4 is 0 Å². The predicted octanol–water partition coefficient (Wildman–Crippen LogP) is 1.78. The predicted molar refractivity (Wildman–Crippen MR) is 54.1 cm³/mol. The minimum atomic E-state index is 0.126. The van der Waals surface area contributed by atoms with Gasteiger partial charge in [-0.1, -0.05) is 12.1 Å². The molecular formula is C10H13N3O2. The minimum Gasteiger partial charge on any atom is -0.461 e. The van der Waals surface area contributed by atoms with Gasteiger partial charge < -0.3 is 14.7 Å². The van der Waals surface area contributed by atoms with Crippen molar-refractivity contribution in [3.05, 3.63) is 24.3 Å². The Morgan fingerprint density at radius 3 is 3.00 bits per heavy atom. The van der Waals surface area contributed by atoms with Crippen LogP contribution < -0.4 is 5.73 Å². The molecule has 0 radical (unpaired) electrons. The molecule has 0 spiro atoms. The molecule has 0 aliphatic heterocycles. The number of nitrogens with two attached hydrogens (primary N) is 1. The van der Waals surface area contributed by atoms with Crippen molar-refractivity contribution < 1.29 is 8.94 Å². The van der Waals surface area contributed by atoms with Crippen LogP contribution in [-0.4, -0.2) is 16.7 Å². The van der Waals surface area contributed by atoms with Crippen LogP contribution >= 0.6 is 0 Å². The van der Waals surface area contributed by atoms with Crippen LogP contribution in [0.5, 0.6) is 0 Å². The number of aromatic nitrogens is 2. The van der Waals surface area contributed by atoms with E-state index < -0.39 is 0 Å². The van der Waals surface area contributed by atoms with E-state index >= 15 is 0 Å². The molecule has 5 nitrogen and oxygen atoms in total. The molecule has 1 unspecified atom stereocenters. The normalized spacial score (nSPS) is 12.9. The average Bonchev–Trinajstić information content (AvgIpc) is 2.89. The Labute approximate surface area is 87.3 Å². The number of hydrogen-bond donors (Lipinski definition) is 1. The quantitative estimate of drug-likeness (QED) is 0.826. The molecule has 0 aliphatic carbocycles. The number of furan rings is 1. The molecular weight excluding hydrogens is 194 g/mol. The first-order chi connectivity index (χ1) is 7.35. The van der Waals surface area contributed by atoms with Crippen molar-refractivity contribution in [2.45, 2.75) is 19.3 Å². The van der Waals surface area contributed by atoms with Gasteiger partial charge in [-0.15, -0.1) is 0 Å². The average molecular weight is 207 g/mol. The lowest BCUT2D eigenvalue weighted by molar-refractivity contribution is 0.351. The Morgan fingerprint density at radius 2 is 2.40 bits per heavy atom. The Balaban J connectivity index is 2.24. The summed E-state index contributed by atoms with van der Waals surface area (Å²) in [6.45, 7) is 2.55. The third kappa shape index (κ3) is 1.92. The molecule has 0 amide bonds. The van der Waals surface area contributed by atoms with Gasteiger partial charge >= 0.3 is 0 Å². The topological polar surface area (TPSA) is 78.1 Å². The molecule has 5 heteroatoms. The minimum absolute atomic E-state index is 0.126. The molecule has 80 valence electrons. The second kappa shape index (κ2) is 4.27. The van der Waals surface area contributed by atoms with Crippen LogP contribution in [0.2, 0.25) is 0 Å². The van der Waals surface area contributed by atoms with Crippen LogP contribution in [0.3, 0.4) is 0 Å². The second-order valence-electron chi connectivity index (χ2n) is 3.27. The summed E-state index contributed by atoms with van der Waals surface area (Å²) in [6, 6.07) is 3.57. The maximum atomic E-state index is 5.59. The zero-order chi connectivity index (χ0) is 10.7. The second-order valence-corrected chi connectivity index (χ2v) is 3.27. The van der Waals surface area contributed by atoms with Crippen molar-refractivity contribution in [1.82, 2.24) is 10.1 Å². The first-order valence-electron chi connectivity index (χ1n) is 4.92. The van der Waals surface area contributed by atoms with Gasteiger partial charge in [0.15, 0.2) is 5.76 Å². The van der Waals surface area contributed by atoms with E-state index in [1.54, 1.807) is 18.4 Å². The van der Waals surface area contributed by atoms with Gasteiger partial charge in [0.05, 0.1) is 12.2 Å². The van der Waals surface area contributed by atoms with Gasteiger partial charge in [0.2, 0.25) is 11.7 Å². The third-order valence-electron chi connectivity index (χ3n) is 2.31. The van der Waals surface area contributed by atoms with Crippen molar-refractivity contribution in [3.8, 4) is 11.6 Å². The summed E-state index contributed by atoms with van der Waals surface area (Å²) in [5.74, 6) is 1.78. The van der Waals surface area contributed by atoms with Gasteiger partial charge in [0, 0.05) is 6.54 Å². The fourth-order valence-corrected chi connectivity index (χ4v) is 1.35. The number of hydrogen-bond acceptors (Lipinski definition) is 5. The van der Waals surface area contributed by atoms with E-state index in [1.165, 1.54) is 0 Å². The van der Waals surface area contributed by atoms with Crippen LogP contribution in [-0.2, 0) is 0 Å². The third-order valence-corrected chi connectivity index (χ3v) is 2.31. The van der Waals surface area contributed by atoms with Gasteiger partial charge in [-0.25, -0.2) is 0 Å². The zero-order valence-electron chi connectivity index (χ0n) is 8.51. The molecule has 2 rings (SSSR count). The highest BCUT2D eigenvalue weighted by atomic mass is 16.5. The fraction of sp³-hybridized carbons (Fsp3) is 0.400. The number of rotatable bonds is 4. The van der Waals surface area contributed by atoms with E-state index in [4.69, 9.17) is 14.7 Å². The zero-order valence-corrected chi connectivity index (χ0v) is 8.51. The van der Waals surface area contributed by atoms with E-state index in [2.05, 4.69) is 10.1 Å². The molecule has 2 heterocycles. The molecule has 0 bridgehead atoms. The molecule has 2 aromatic heterocycles. The van der Waals surface area contributed by atoms with E-state index in [9.17, 15) is 0 Å². The van der Waals surface area contributed by atoms with Gasteiger partial charge in [0.1, 0.15) is 0 Å². The number of nitrogens with zero attached hydrogens (tertiary/aromatic N) is 2. The van der Waals surface area contributed by atoms with Crippen LogP contribution in [0.4, 0.5) is 0 Å². The summed E-state index contributed by atoms with van der Waals surface area (Å²) in [7, 11) is 0. The first kappa shape index (κ1) is 9.92. The van der Waals surface area contributed by atoms with Crippen LogP contribution in [0.15, 0.2) is 27.3 Å². The van der Waals surface area contributed by atoms with E-state index in [0.29, 0.717) is 24.0 Å². The highest BCUT2D eigenvalue weighted by Gasteiger charge is 2.17. The molecule has 15 heavy (non-hydrogen) atoms. The summed E-state index contributed by atoms with van der Waals surface area (Å²) in [4.78, 5) is 4.24. The molecule has 2 N–H and O–H groups in total. The van der Waals surface area contributed by atoms with Gasteiger partial charge in [-0.2, -0.15) is 4.98 Å². The molecule has 0 aliphatic rings. The van der Waals surface area contributed by atoms with Crippen molar-refractivity contribution in [3.63, 3.8) is 0 Å². The van der Waals surface area contributed by atoms with Crippen molar-refractivity contribution in [2.24, 2.45) is 5.73 Å². The first-order valence-corrected chi connectivity index (χ1v) is 4.92. The highest BCUT2D eigenvalue weighted by Crippen LogP contribution is 2.21. The molecule has 0 fully saturated rings. The van der Waals surface area contributed by atoms with Gasteiger partial charge in [-0.3, -0.25) is 0 Å². The molecule has 0 aromatic carbocycles. The fourth-order valence-electron chi connectivity index (χ4n) is 1.35. The molecule has 2 aromatic rings. The maximum Gasteiger partial charge on any atom is 0.238 e. The standard InChI is InChI=1S/C10H13N3O2/c1-2-7(6-11)10-12-9(13-15-10)8-4-3-5-14-8/h3-5,7H,2,6,11H2,1H3. The molecule has 1 atom stereocenters. The maximum absolute atomic E-state index is 5.59. The summed E-state index contributed by atoms with van der Waals surface area (Å²) in [5.41, 5.74) is 5.59. The van der Waals surface area contributed by atoms with E-state index in [0.717, 1.165) is 6.42 Å². The van der Waals surface area contributed by atoms with Crippen LogP contribution in [0, 0.1) is 0 Å². The molecule has 0 saturated carbocycles. The Kier molecular flexibility index (Phi) is 2.82. The highest BCUT2D eigenvalue weighted by molar-refractivity contribution is 5.44. The van der Waals surface area contributed by atoms with Crippen molar-refractivity contribution in [1.29, 1.82) is 0 Å². The lowest BCUT2D eigenvalue weighted by Gasteiger charge is -2.03. The monoisotopic (exact) mass is 207 g/mol. The van der Waals surface area contributed by atoms with E-state index in [-0.39, 0.29) is 5.92 Å². The summed E-state index contributed by atoms with van der Waals surface area (Å²) in [5, 5.41) is 3.84. The summed E-state index contributed by atoms with van der Waals surface area (Å²) in [6.07, 6.45) is 2.46.